The van der Waals surface area contributed by atoms with E-state index in [0.29, 0.717) is 6.61 Å². The lowest BCUT2D eigenvalue weighted by Crippen LogP contribution is -2.66. The molecule has 0 amide bonds. The molecule has 0 N–H and O–H groups in total. The number of epoxide rings is 1. The van der Waals surface area contributed by atoms with Crippen LogP contribution in [0.1, 0.15) is 20.8 Å². The van der Waals surface area contributed by atoms with Gasteiger partial charge in [0.15, 0.2) is 6.29 Å². The second kappa shape index (κ2) is 6.63. The number of carbonyl (C=O) groups excluding carboxylic acids is 1. The first kappa shape index (κ1) is 17.1. The van der Waals surface area contributed by atoms with Gasteiger partial charge in [0, 0.05) is 0 Å². The lowest BCUT2D eigenvalue weighted by Gasteiger charge is -2.43. The molecule has 0 radical (unpaired) electrons. The molecule has 3 rings (SSSR count). The average molecular weight is 340 g/mol. The summed E-state index contributed by atoms with van der Waals surface area (Å²) in [7, 11) is -2.51. The number of rotatable bonds is 6. The fraction of sp³-hybridized carbons (Fsp3) is 0.350. The van der Waals surface area contributed by atoms with Gasteiger partial charge in [-0.3, -0.25) is 0 Å². The molecular weight excluding hydrogens is 316 g/mol. The molecule has 1 fully saturated rings. The minimum atomic E-state index is -2.51. The largest absolute Gasteiger partial charge is 0.405 e. The zero-order chi connectivity index (χ0) is 17.2. The molecule has 4 heteroatoms. The molecule has 0 unspecified atom stereocenters. The number of hydrogen-bond donors (Lipinski definition) is 0. The molecule has 3 nitrogen and oxygen atoms in total. The molecule has 0 spiro atoms. The minimum Gasteiger partial charge on any atom is -0.405 e. The van der Waals surface area contributed by atoms with E-state index in [1.807, 2.05) is 12.1 Å². The molecular formula is C20H24O3Si. The Balaban J connectivity index is 2.05. The first-order valence-electron chi connectivity index (χ1n) is 8.35. The fourth-order valence-corrected chi connectivity index (χ4v) is 7.95. The van der Waals surface area contributed by atoms with Crippen molar-refractivity contribution in [3.05, 3.63) is 60.7 Å². The van der Waals surface area contributed by atoms with Crippen LogP contribution in [-0.2, 0) is 14.0 Å². The van der Waals surface area contributed by atoms with Crippen molar-refractivity contribution in [1.82, 2.24) is 0 Å². The van der Waals surface area contributed by atoms with Gasteiger partial charge in [0.1, 0.15) is 12.2 Å². The second-order valence-corrected chi connectivity index (χ2v) is 11.6. The van der Waals surface area contributed by atoms with Crippen LogP contribution in [-0.4, -0.2) is 33.4 Å². The van der Waals surface area contributed by atoms with Gasteiger partial charge >= 0.3 is 0 Å². The summed E-state index contributed by atoms with van der Waals surface area (Å²) in [5.41, 5.74) is 0. The van der Waals surface area contributed by atoms with Crippen LogP contribution >= 0.6 is 0 Å². The summed E-state index contributed by atoms with van der Waals surface area (Å²) in [6.45, 7) is 7.18. The zero-order valence-corrected chi connectivity index (χ0v) is 15.4. The molecule has 0 aromatic heterocycles. The normalized spacial score (nSPS) is 20.6. The monoisotopic (exact) mass is 340 g/mol. The van der Waals surface area contributed by atoms with Gasteiger partial charge in [-0.1, -0.05) is 81.4 Å². The van der Waals surface area contributed by atoms with Crippen LogP contribution in [0.5, 0.6) is 0 Å². The van der Waals surface area contributed by atoms with Crippen molar-refractivity contribution in [3.8, 4) is 0 Å². The van der Waals surface area contributed by atoms with Crippen LogP contribution in [0.3, 0.4) is 0 Å². The van der Waals surface area contributed by atoms with Crippen molar-refractivity contribution >= 4 is 25.0 Å². The molecule has 1 aliphatic rings. The van der Waals surface area contributed by atoms with E-state index in [2.05, 4.69) is 69.3 Å². The highest BCUT2D eigenvalue weighted by atomic mass is 28.4. The van der Waals surface area contributed by atoms with E-state index in [1.165, 1.54) is 10.4 Å². The highest BCUT2D eigenvalue weighted by Gasteiger charge is 2.52. The van der Waals surface area contributed by atoms with E-state index < -0.39 is 8.32 Å². The molecule has 1 heterocycles. The Hall–Kier alpha value is -1.75. The fourth-order valence-electron chi connectivity index (χ4n) is 3.38. The average Bonchev–Trinajstić information content (AvgIpc) is 3.35. The second-order valence-electron chi connectivity index (χ2n) is 7.25. The molecule has 0 bridgehead atoms. The van der Waals surface area contributed by atoms with Gasteiger partial charge in [-0.25, -0.2) is 0 Å². The van der Waals surface area contributed by atoms with Crippen molar-refractivity contribution in [1.29, 1.82) is 0 Å². The molecule has 2 aromatic carbocycles. The molecule has 2 atom stereocenters. The summed E-state index contributed by atoms with van der Waals surface area (Å²) in [6.07, 6.45) is 0.451. The summed E-state index contributed by atoms with van der Waals surface area (Å²) < 4.78 is 12.1. The Bertz CT molecular complexity index is 640. The maximum absolute atomic E-state index is 10.9. The van der Waals surface area contributed by atoms with Gasteiger partial charge in [-0.2, -0.15) is 0 Å². The lowest BCUT2D eigenvalue weighted by atomic mass is 10.2. The maximum Gasteiger partial charge on any atom is 0.261 e. The van der Waals surface area contributed by atoms with E-state index >= 15 is 0 Å². The van der Waals surface area contributed by atoms with Gasteiger partial charge in [-0.05, 0) is 15.4 Å². The van der Waals surface area contributed by atoms with Crippen LogP contribution in [0.15, 0.2) is 60.7 Å². The maximum atomic E-state index is 10.9. The molecule has 1 aliphatic heterocycles. The van der Waals surface area contributed by atoms with Gasteiger partial charge in [0.2, 0.25) is 0 Å². The van der Waals surface area contributed by atoms with E-state index in [9.17, 15) is 4.79 Å². The molecule has 126 valence electrons. The molecule has 24 heavy (non-hydrogen) atoms. The Kier molecular flexibility index (Phi) is 4.72. The Morgan fingerprint density at radius 2 is 1.50 bits per heavy atom. The highest BCUT2D eigenvalue weighted by molar-refractivity contribution is 6.99. The third-order valence-corrected chi connectivity index (χ3v) is 9.64. The van der Waals surface area contributed by atoms with Gasteiger partial charge in [0.05, 0.1) is 6.61 Å². The summed E-state index contributed by atoms with van der Waals surface area (Å²) in [6, 6.07) is 21.0. The molecule has 0 aliphatic carbocycles. The Morgan fingerprint density at radius 3 is 1.88 bits per heavy atom. The number of benzene rings is 2. The number of ether oxygens (including phenoxy) is 1. The van der Waals surface area contributed by atoms with Crippen LogP contribution < -0.4 is 10.4 Å². The third kappa shape index (κ3) is 3.09. The predicted octanol–water partition coefficient (Wildman–Crippen LogP) is 2.53. The van der Waals surface area contributed by atoms with E-state index in [-0.39, 0.29) is 17.2 Å². The molecule has 0 saturated carbocycles. The molecule has 2 aromatic rings. The number of carbonyl (C=O) groups is 1. The first-order valence-corrected chi connectivity index (χ1v) is 10.3. The topological polar surface area (TPSA) is 38.8 Å². The summed E-state index contributed by atoms with van der Waals surface area (Å²) in [4.78, 5) is 10.9. The predicted molar refractivity (Wildman–Crippen MR) is 98.3 cm³/mol. The molecule has 1 saturated heterocycles. The smallest absolute Gasteiger partial charge is 0.261 e. The third-order valence-electron chi connectivity index (χ3n) is 4.64. The quantitative estimate of drug-likeness (QED) is 0.461. The first-order chi connectivity index (χ1) is 11.5. The van der Waals surface area contributed by atoms with E-state index in [1.54, 1.807) is 0 Å². The van der Waals surface area contributed by atoms with Gasteiger partial charge < -0.3 is 14.0 Å². The summed E-state index contributed by atoms with van der Waals surface area (Å²) >= 11 is 0. The SMILES string of the molecule is CC(C)(C)[Si](OC[C@H]1O[C@H]1C=O)(c1ccccc1)c1ccccc1. The summed E-state index contributed by atoms with van der Waals surface area (Å²) in [5, 5.41) is 2.43. The van der Waals surface area contributed by atoms with E-state index in [0.717, 1.165) is 6.29 Å². The van der Waals surface area contributed by atoms with Crippen LogP contribution in [0, 0.1) is 0 Å². The zero-order valence-electron chi connectivity index (χ0n) is 14.4. The van der Waals surface area contributed by atoms with Crippen molar-refractivity contribution in [2.24, 2.45) is 0 Å². The number of hydrogen-bond acceptors (Lipinski definition) is 3. The van der Waals surface area contributed by atoms with Gasteiger partial charge in [0.25, 0.3) is 8.32 Å². The summed E-state index contributed by atoms with van der Waals surface area (Å²) in [5.74, 6) is 0. The standard InChI is InChI=1S/C20H24O3Si/c1-20(2,3)24(16-10-6-4-7-11-16,17-12-8-5-9-13-17)22-15-19-18(14-21)23-19/h4-14,18-19H,15H2,1-3H3/t18-,19+/m0/s1. The van der Waals surface area contributed by atoms with Crippen molar-refractivity contribution < 1.29 is 14.0 Å². The Morgan fingerprint density at radius 1 is 1.00 bits per heavy atom. The number of aldehydes is 1. The van der Waals surface area contributed by atoms with Crippen LogP contribution in [0.25, 0.3) is 0 Å². The lowest BCUT2D eigenvalue weighted by molar-refractivity contribution is -0.108. The van der Waals surface area contributed by atoms with Gasteiger partial charge in [-0.15, -0.1) is 0 Å². The highest BCUT2D eigenvalue weighted by Crippen LogP contribution is 2.37. The van der Waals surface area contributed by atoms with Crippen LogP contribution in [0.2, 0.25) is 5.04 Å². The van der Waals surface area contributed by atoms with Crippen molar-refractivity contribution in [2.75, 3.05) is 6.61 Å². The Labute approximate surface area is 144 Å². The van der Waals surface area contributed by atoms with Crippen molar-refractivity contribution in [2.45, 2.75) is 38.0 Å². The van der Waals surface area contributed by atoms with Crippen molar-refractivity contribution in [3.63, 3.8) is 0 Å². The van der Waals surface area contributed by atoms with Crippen LogP contribution in [0.4, 0.5) is 0 Å². The minimum absolute atomic E-state index is 0.0543. The van der Waals surface area contributed by atoms with E-state index in [4.69, 9.17) is 9.16 Å².